The molecule has 0 aliphatic carbocycles. The van der Waals surface area contributed by atoms with Gasteiger partial charge in [0, 0.05) is 19.0 Å². The second kappa shape index (κ2) is 8.12. The van der Waals surface area contributed by atoms with Crippen molar-refractivity contribution < 1.29 is 19.4 Å². The van der Waals surface area contributed by atoms with E-state index in [-0.39, 0.29) is 5.91 Å². The maximum absolute atomic E-state index is 11.9. The smallest absolute Gasteiger partial charge is 0.307 e. The van der Waals surface area contributed by atoms with Crippen LogP contribution >= 0.6 is 0 Å². The summed E-state index contributed by atoms with van der Waals surface area (Å²) in [4.78, 5) is 23.2. The first-order valence-corrected chi connectivity index (χ1v) is 6.50. The van der Waals surface area contributed by atoms with Crippen molar-refractivity contribution in [2.75, 3.05) is 26.3 Å². The highest BCUT2D eigenvalue weighted by atomic mass is 16.5. The summed E-state index contributed by atoms with van der Waals surface area (Å²) in [6, 6.07) is 0. The van der Waals surface area contributed by atoms with Crippen molar-refractivity contribution in [2.45, 2.75) is 27.7 Å². The van der Waals surface area contributed by atoms with E-state index in [4.69, 9.17) is 10.5 Å². The first-order chi connectivity index (χ1) is 8.71. The van der Waals surface area contributed by atoms with Crippen LogP contribution in [0.4, 0.5) is 0 Å². The highest BCUT2D eigenvalue weighted by Gasteiger charge is 2.39. The number of carboxylic acids is 1. The molecule has 0 radical (unpaired) electrons. The van der Waals surface area contributed by atoms with E-state index in [9.17, 15) is 14.7 Å². The van der Waals surface area contributed by atoms with Gasteiger partial charge in [-0.05, 0) is 5.41 Å². The molecule has 0 spiro atoms. The van der Waals surface area contributed by atoms with Crippen LogP contribution in [0.1, 0.15) is 27.7 Å². The number of nitrogens with one attached hydrogen (secondary N) is 1. The Hall–Kier alpha value is -1.14. The number of carbonyl (C=O) groups excluding carboxylic acids is 1. The van der Waals surface area contributed by atoms with Crippen molar-refractivity contribution >= 4 is 11.9 Å². The summed E-state index contributed by atoms with van der Waals surface area (Å²) in [5.41, 5.74) is 4.79. The number of carbonyl (C=O) groups is 2. The molecule has 0 saturated heterocycles. The van der Waals surface area contributed by atoms with Crippen LogP contribution in [0.25, 0.3) is 0 Å². The van der Waals surface area contributed by atoms with E-state index in [1.54, 1.807) is 6.92 Å². The van der Waals surface area contributed by atoms with E-state index in [0.717, 1.165) is 0 Å². The molecule has 0 aromatic carbocycles. The summed E-state index contributed by atoms with van der Waals surface area (Å²) in [6.45, 7) is 8.73. The highest BCUT2D eigenvalue weighted by molar-refractivity contribution is 5.84. The zero-order valence-electron chi connectivity index (χ0n) is 12.2. The maximum Gasteiger partial charge on any atom is 0.307 e. The van der Waals surface area contributed by atoms with Gasteiger partial charge in [0.25, 0.3) is 0 Å². The maximum atomic E-state index is 11.9. The molecule has 2 unspecified atom stereocenters. The van der Waals surface area contributed by atoms with Crippen molar-refractivity contribution in [1.29, 1.82) is 0 Å². The van der Waals surface area contributed by atoms with Crippen molar-refractivity contribution in [1.82, 2.24) is 5.32 Å². The van der Waals surface area contributed by atoms with Crippen LogP contribution < -0.4 is 11.1 Å². The van der Waals surface area contributed by atoms with E-state index in [0.29, 0.717) is 26.3 Å². The number of hydrogen-bond donors (Lipinski definition) is 3. The minimum absolute atomic E-state index is 0.265. The number of nitrogens with two attached hydrogens (primary N) is 1. The van der Waals surface area contributed by atoms with E-state index in [1.165, 1.54) is 0 Å². The summed E-state index contributed by atoms with van der Waals surface area (Å²) in [7, 11) is 0. The van der Waals surface area contributed by atoms with Gasteiger partial charge in [-0.25, -0.2) is 0 Å². The topological polar surface area (TPSA) is 102 Å². The SMILES string of the molecule is CC(C(=O)NCCOCCN)C(C(=O)O)C(C)(C)C. The zero-order valence-corrected chi connectivity index (χ0v) is 12.2. The number of carboxylic acid groups (broad SMARTS) is 1. The van der Waals surface area contributed by atoms with Gasteiger partial charge in [0.2, 0.25) is 5.91 Å². The van der Waals surface area contributed by atoms with Crippen molar-refractivity contribution in [3.63, 3.8) is 0 Å². The quantitative estimate of drug-likeness (QED) is 0.558. The van der Waals surface area contributed by atoms with E-state index in [2.05, 4.69) is 5.32 Å². The molecule has 6 nitrogen and oxygen atoms in total. The van der Waals surface area contributed by atoms with Crippen LogP contribution in [-0.2, 0) is 14.3 Å². The molecular weight excluding hydrogens is 248 g/mol. The fraction of sp³-hybridized carbons (Fsp3) is 0.846. The molecule has 0 fully saturated rings. The molecule has 0 heterocycles. The predicted molar refractivity (Wildman–Crippen MR) is 72.6 cm³/mol. The minimum atomic E-state index is -0.950. The van der Waals surface area contributed by atoms with Crippen LogP contribution in [-0.4, -0.2) is 43.3 Å². The Morgan fingerprint density at radius 3 is 2.32 bits per heavy atom. The molecule has 0 bridgehead atoms. The lowest BCUT2D eigenvalue weighted by atomic mass is 9.73. The zero-order chi connectivity index (χ0) is 15.1. The molecule has 0 saturated carbocycles. The predicted octanol–water partition coefficient (Wildman–Crippen LogP) is 0.461. The molecule has 0 aliphatic rings. The molecule has 112 valence electrons. The third-order valence-electron chi connectivity index (χ3n) is 2.92. The summed E-state index contributed by atoms with van der Waals surface area (Å²) in [5, 5.41) is 11.9. The van der Waals surface area contributed by atoms with Gasteiger partial charge < -0.3 is 20.9 Å². The van der Waals surface area contributed by atoms with E-state index >= 15 is 0 Å². The Labute approximate surface area is 114 Å². The Bertz CT molecular complexity index is 300. The lowest BCUT2D eigenvalue weighted by Crippen LogP contribution is -2.43. The van der Waals surface area contributed by atoms with Gasteiger partial charge >= 0.3 is 5.97 Å². The Morgan fingerprint density at radius 1 is 1.32 bits per heavy atom. The standard InChI is InChI=1S/C13H26N2O4/c1-9(10(12(17)18)13(2,3)4)11(16)15-6-8-19-7-5-14/h9-10H,5-8,14H2,1-4H3,(H,15,16)(H,17,18). The van der Waals surface area contributed by atoms with Crippen LogP contribution in [0.15, 0.2) is 0 Å². The molecule has 19 heavy (non-hydrogen) atoms. The molecule has 0 aliphatic heterocycles. The largest absolute Gasteiger partial charge is 0.481 e. The fourth-order valence-corrected chi connectivity index (χ4v) is 2.08. The third kappa shape index (κ3) is 6.54. The van der Waals surface area contributed by atoms with Crippen LogP contribution in [0, 0.1) is 17.3 Å². The monoisotopic (exact) mass is 274 g/mol. The minimum Gasteiger partial charge on any atom is -0.481 e. The third-order valence-corrected chi connectivity index (χ3v) is 2.92. The average Bonchev–Trinajstić information content (AvgIpc) is 2.25. The molecule has 1 amide bonds. The Kier molecular flexibility index (Phi) is 7.63. The first kappa shape index (κ1) is 17.9. The van der Waals surface area contributed by atoms with E-state index < -0.39 is 23.2 Å². The van der Waals surface area contributed by atoms with Crippen molar-refractivity contribution in [3.05, 3.63) is 0 Å². The summed E-state index contributed by atoms with van der Waals surface area (Å²) in [6.07, 6.45) is 0. The van der Waals surface area contributed by atoms with Gasteiger partial charge in [0.1, 0.15) is 0 Å². The lowest BCUT2D eigenvalue weighted by Gasteiger charge is -2.31. The second-order valence-electron chi connectivity index (χ2n) is 5.66. The van der Waals surface area contributed by atoms with Gasteiger partial charge in [-0.15, -0.1) is 0 Å². The molecule has 0 rings (SSSR count). The number of ether oxygens (including phenoxy) is 1. The molecule has 2 atom stereocenters. The summed E-state index contributed by atoms with van der Waals surface area (Å²) >= 11 is 0. The number of rotatable bonds is 8. The normalized spacial score (nSPS) is 14.8. The van der Waals surface area contributed by atoms with Crippen LogP contribution in [0.2, 0.25) is 0 Å². The molecule has 4 N–H and O–H groups in total. The van der Waals surface area contributed by atoms with Gasteiger partial charge in [-0.3, -0.25) is 9.59 Å². The summed E-state index contributed by atoms with van der Waals surface area (Å²) < 4.78 is 5.13. The van der Waals surface area contributed by atoms with Gasteiger partial charge in [-0.2, -0.15) is 0 Å². The van der Waals surface area contributed by atoms with Crippen molar-refractivity contribution in [3.8, 4) is 0 Å². The van der Waals surface area contributed by atoms with E-state index in [1.807, 2.05) is 20.8 Å². The molecule has 6 heteroatoms. The van der Waals surface area contributed by atoms with Gasteiger partial charge in [0.15, 0.2) is 0 Å². The number of hydrogen-bond acceptors (Lipinski definition) is 4. The fourth-order valence-electron chi connectivity index (χ4n) is 2.08. The average molecular weight is 274 g/mol. The Morgan fingerprint density at radius 2 is 1.89 bits per heavy atom. The summed E-state index contributed by atoms with van der Waals surface area (Å²) in [5.74, 6) is -2.53. The second-order valence-corrected chi connectivity index (χ2v) is 5.66. The highest BCUT2D eigenvalue weighted by Crippen LogP contribution is 2.32. The molecule has 0 aromatic rings. The first-order valence-electron chi connectivity index (χ1n) is 6.50. The molecular formula is C13H26N2O4. The Balaban J connectivity index is 4.33. The van der Waals surface area contributed by atoms with Gasteiger partial charge in [0.05, 0.1) is 19.1 Å². The van der Waals surface area contributed by atoms with Crippen LogP contribution in [0.3, 0.4) is 0 Å². The lowest BCUT2D eigenvalue weighted by molar-refractivity contribution is -0.151. The number of aliphatic carboxylic acids is 1. The molecule has 0 aromatic heterocycles. The van der Waals surface area contributed by atoms with Gasteiger partial charge in [-0.1, -0.05) is 27.7 Å². The number of amides is 1. The van der Waals surface area contributed by atoms with Crippen molar-refractivity contribution in [2.24, 2.45) is 23.0 Å². The van der Waals surface area contributed by atoms with Crippen LogP contribution in [0.5, 0.6) is 0 Å².